The lowest BCUT2D eigenvalue weighted by molar-refractivity contribution is 0.257. The van der Waals surface area contributed by atoms with Crippen molar-refractivity contribution in [2.75, 3.05) is 40.3 Å². The summed E-state index contributed by atoms with van der Waals surface area (Å²) < 4.78 is 26.9. The van der Waals surface area contributed by atoms with Gasteiger partial charge >= 0.3 is 0 Å². The van der Waals surface area contributed by atoms with E-state index in [0.717, 1.165) is 38.7 Å². The monoisotopic (exact) mass is 299 g/mol. The Kier molecular flexibility index (Phi) is 7.78. The fourth-order valence-electron chi connectivity index (χ4n) is 2.32. The molecule has 0 aliphatic carbocycles. The van der Waals surface area contributed by atoms with Gasteiger partial charge in [-0.15, -0.1) is 0 Å². The summed E-state index contributed by atoms with van der Waals surface area (Å²) in [5, 5.41) is 0. The van der Waals surface area contributed by atoms with Crippen LogP contribution in [0.25, 0.3) is 0 Å². The third kappa shape index (κ3) is 6.08. The van der Waals surface area contributed by atoms with Crippen molar-refractivity contribution in [3.05, 3.63) is 35.4 Å². The van der Waals surface area contributed by atoms with Crippen LogP contribution in [-0.4, -0.2) is 50.1 Å². The summed E-state index contributed by atoms with van der Waals surface area (Å²) in [4.78, 5) is 4.45. The van der Waals surface area contributed by atoms with E-state index in [1.165, 1.54) is 6.07 Å². The van der Waals surface area contributed by atoms with Gasteiger partial charge in [-0.1, -0.05) is 19.1 Å². The van der Waals surface area contributed by atoms with Gasteiger partial charge < -0.3 is 15.5 Å². The number of nitrogens with two attached hydrogens (primary N) is 1. The van der Waals surface area contributed by atoms with Gasteiger partial charge in [0.1, 0.15) is 0 Å². The summed E-state index contributed by atoms with van der Waals surface area (Å²) in [5.41, 5.74) is 6.27. The molecule has 0 aliphatic rings. The van der Waals surface area contributed by atoms with Gasteiger partial charge in [0.15, 0.2) is 11.6 Å². The molecule has 120 valence electrons. The molecular weight excluding hydrogens is 272 g/mol. The lowest BCUT2D eigenvalue weighted by Gasteiger charge is -2.23. The van der Waals surface area contributed by atoms with Gasteiger partial charge in [0.05, 0.1) is 0 Å². The molecule has 1 aromatic rings. The van der Waals surface area contributed by atoms with Gasteiger partial charge in [-0.25, -0.2) is 8.78 Å². The second-order valence-electron chi connectivity index (χ2n) is 5.63. The van der Waals surface area contributed by atoms with E-state index in [0.29, 0.717) is 6.42 Å². The van der Waals surface area contributed by atoms with Gasteiger partial charge in [0.25, 0.3) is 0 Å². The molecule has 0 radical (unpaired) electrons. The number of benzene rings is 1. The Morgan fingerprint density at radius 2 is 1.86 bits per heavy atom. The number of rotatable bonds is 9. The third-order valence-electron chi connectivity index (χ3n) is 3.66. The largest absolute Gasteiger partial charge is 0.324 e. The van der Waals surface area contributed by atoms with Crippen molar-refractivity contribution in [2.45, 2.75) is 25.8 Å². The number of hydrogen-bond acceptors (Lipinski definition) is 3. The fourth-order valence-corrected chi connectivity index (χ4v) is 2.32. The third-order valence-corrected chi connectivity index (χ3v) is 3.66. The lowest BCUT2D eigenvalue weighted by Crippen LogP contribution is -2.30. The normalized spacial score (nSPS) is 13.1. The van der Waals surface area contributed by atoms with Crippen molar-refractivity contribution in [3.8, 4) is 0 Å². The zero-order valence-electron chi connectivity index (χ0n) is 13.3. The smallest absolute Gasteiger partial charge is 0.163 e. The molecule has 1 atom stereocenters. The SMILES string of the molecule is CCN(CCCN(C)C)CCC(N)c1cccc(F)c1F. The van der Waals surface area contributed by atoms with Gasteiger partial charge in [-0.05, 0) is 59.2 Å². The first-order valence-corrected chi connectivity index (χ1v) is 7.52. The van der Waals surface area contributed by atoms with Gasteiger partial charge in [-0.3, -0.25) is 0 Å². The number of halogens is 2. The summed E-state index contributed by atoms with van der Waals surface area (Å²) in [6.07, 6.45) is 1.71. The molecule has 5 heteroatoms. The molecule has 1 rings (SSSR count). The summed E-state index contributed by atoms with van der Waals surface area (Å²) >= 11 is 0. The van der Waals surface area contributed by atoms with Crippen LogP contribution in [0.3, 0.4) is 0 Å². The van der Waals surface area contributed by atoms with E-state index in [2.05, 4.69) is 30.8 Å². The highest BCUT2D eigenvalue weighted by atomic mass is 19.2. The molecule has 0 saturated heterocycles. The van der Waals surface area contributed by atoms with Crippen LogP contribution in [0.2, 0.25) is 0 Å². The highest BCUT2D eigenvalue weighted by molar-refractivity contribution is 5.22. The second-order valence-corrected chi connectivity index (χ2v) is 5.63. The predicted molar refractivity (Wildman–Crippen MR) is 83.2 cm³/mol. The lowest BCUT2D eigenvalue weighted by atomic mass is 10.0. The number of nitrogens with zero attached hydrogens (tertiary/aromatic N) is 2. The molecule has 21 heavy (non-hydrogen) atoms. The maximum Gasteiger partial charge on any atom is 0.163 e. The average molecular weight is 299 g/mol. The molecule has 0 heterocycles. The maximum atomic E-state index is 13.7. The van der Waals surface area contributed by atoms with Crippen LogP contribution < -0.4 is 5.73 Å². The van der Waals surface area contributed by atoms with Gasteiger partial charge in [-0.2, -0.15) is 0 Å². The van der Waals surface area contributed by atoms with Gasteiger partial charge in [0.2, 0.25) is 0 Å². The fraction of sp³-hybridized carbons (Fsp3) is 0.625. The quantitative estimate of drug-likeness (QED) is 0.761. The van der Waals surface area contributed by atoms with E-state index in [1.807, 2.05) is 0 Å². The molecular formula is C16H27F2N3. The van der Waals surface area contributed by atoms with E-state index < -0.39 is 17.7 Å². The highest BCUT2D eigenvalue weighted by Crippen LogP contribution is 2.20. The van der Waals surface area contributed by atoms with E-state index in [4.69, 9.17) is 5.73 Å². The van der Waals surface area contributed by atoms with Crippen molar-refractivity contribution in [1.29, 1.82) is 0 Å². The molecule has 0 saturated carbocycles. The van der Waals surface area contributed by atoms with Gasteiger partial charge in [0, 0.05) is 11.6 Å². The predicted octanol–water partition coefficient (Wildman–Crippen LogP) is 2.63. The van der Waals surface area contributed by atoms with Crippen LogP contribution in [0.1, 0.15) is 31.4 Å². The summed E-state index contributed by atoms with van der Waals surface area (Å²) in [6, 6.07) is 3.71. The molecule has 0 fully saturated rings. The molecule has 0 bridgehead atoms. The summed E-state index contributed by atoms with van der Waals surface area (Å²) in [6.45, 7) is 5.87. The van der Waals surface area contributed by atoms with Crippen molar-refractivity contribution in [1.82, 2.24) is 9.80 Å². The first kappa shape index (κ1) is 18.0. The molecule has 2 N–H and O–H groups in total. The Bertz CT molecular complexity index is 424. The molecule has 0 spiro atoms. The Balaban J connectivity index is 2.46. The standard InChI is InChI=1S/C16H27F2N3/c1-4-21(11-6-10-20(2)3)12-9-15(19)13-7-5-8-14(17)16(13)18/h5,7-8,15H,4,6,9-12,19H2,1-3H3. The molecule has 1 aromatic carbocycles. The first-order chi connectivity index (χ1) is 9.95. The zero-order valence-corrected chi connectivity index (χ0v) is 13.3. The minimum Gasteiger partial charge on any atom is -0.324 e. The van der Waals surface area contributed by atoms with Crippen molar-refractivity contribution >= 4 is 0 Å². The molecule has 0 amide bonds. The molecule has 0 aliphatic heterocycles. The number of hydrogen-bond donors (Lipinski definition) is 1. The Morgan fingerprint density at radius 1 is 1.14 bits per heavy atom. The molecule has 3 nitrogen and oxygen atoms in total. The minimum atomic E-state index is -0.832. The Morgan fingerprint density at radius 3 is 2.48 bits per heavy atom. The average Bonchev–Trinajstić information content (AvgIpc) is 2.44. The van der Waals surface area contributed by atoms with E-state index in [9.17, 15) is 8.78 Å². The van der Waals surface area contributed by atoms with Crippen molar-refractivity contribution < 1.29 is 8.78 Å². The van der Waals surface area contributed by atoms with Crippen LogP contribution in [0, 0.1) is 11.6 Å². The van der Waals surface area contributed by atoms with Crippen LogP contribution in [-0.2, 0) is 0 Å². The van der Waals surface area contributed by atoms with Crippen LogP contribution >= 0.6 is 0 Å². The first-order valence-electron chi connectivity index (χ1n) is 7.52. The Hall–Kier alpha value is -1.04. The summed E-state index contributed by atoms with van der Waals surface area (Å²) in [7, 11) is 4.11. The van der Waals surface area contributed by atoms with Crippen molar-refractivity contribution in [2.24, 2.45) is 5.73 Å². The second kappa shape index (κ2) is 9.07. The van der Waals surface area contributed by atoms with Crippen molar-refractivity contribution in [3.63, 3.8) is 0 Å². The van der Waals surface area contributed by atoms with Crippen LogP contribution in [0.5, 0.6) is 0 Å². The Labute approximate surface area is 126 Å². The van der Waals surface area contributed by atoms with Crippen LogP contribution in [0.15, 0.2) is 18.2 Å². The van der Waals surface area contributed by atoms with E-state index in [-0.39, 0.29) is 5.56 Å². The van der Waals surface area contributed by atoms with Crippen LogP contribution in [0.4, 0.5) is 8.78 Å². The zero-order chi connectivity index (χ0) is 15.8. The molecule has 0 aromatic heterocycles. The topological polar surface area (TPSA) is 32.5 Å². The maximum absolute atomic E-state index is 13.7. The van der Waals surface area contributed by atoms with E-state index in [1.54, 1.807) is 6.07 Å². The van der Waals surface area contributed by atoms with E-state index >= 15 is 0 Å². The summed E-state index contributed by atoms with van der Waals surface area (Å²) in [5.74, 6) is -1.65. The minimum absolute atomic E-state index is 0.263. The highest BCUT2D eigenvalue weighted by Gasteiger charge is 2.15. The molecule has 1 unspecified atom stereocenters.